The molecule has 0 fully saturated rings. The van der Waals surface area contributed by atoms with Crippen LogP contribution in [0.5, 0.6) is 17.2 Å². The number of fused-ring (bicyclic) bond motifs is 3. The normalized spacial score (nSPS) is 14.1. The van der Waals surface area contributed by atoms with Gasteiger partial charge in [0.1, 0.15) is 10.7 Å². The molecule has 3 aromatic rings. The molecule has 0 saturated heterocycles. The number of aryl methyl sites for hydroxylation is 2. The highest BCUT2D eigenvalue weighted by molar-refractivity contribution is 7.18. The Balaban J connectivity index is 1.94. The van der Waals surface area contributed by atoms with E-state index >= 15 is 0 Å². The van der Waals surface area contributed by atoms with Gasteiger partial charge in [0, 0.05) is 10.4 Å². The Morgan fingerprint density at radius 3 is 2.52 bits per heavy atom. The molecular formula is C16H14N2O4S. The minimum Gasteiger partial charge on any atom is -0.504 e. The number of aromatic amines is 1. The van der Waals surface area contributed by atoms with Gasteiger partial charge in [-0.3, -0.25) is 4.79 Å². The molecule has 0 amide bonds. The maximum absolute atomic E-state index is 12.5. The smallest absolute Gasteiger partial charge is 0.260 e. The molecule has 0 atom stereocenters. The second kappa shape index (κ2) is 4.99. The van der Waals surface area contributed by atoms with Crippen LogP contribution in [-0.4, -0.2) is 25.3 Å². The molecule has 2 aromatic heterocycles. The van der Waals surface area contributed by atoms with Crippen molar-refractivity contribution in [3.05, 3.63) is 32.9 Å². The van der Waals surface area contributed by atoms with Gasteiger partial charge in [-0.15, -0.1) is 11.3 Å². The van der Waals surface area contributed by atoms with Crippen LogP contribution in [0.3, 0.4) is 0 Å². The predicted molar refractivity (Wildman–Crippen MR) is 87.3 cm³/mol. The van der Waals surface area contributed by atoms with E-state index in [-0.39, 0.29) is 11.4 Å². The van der Waals surface area contributed by atoms with Gasteiger partial charge < -0.3 is 20.3 Å². The summed E-state index contributed by atoms with van der Waals surface area (Å²) >= 11 is 1.53. The van der Waals surface area contributed by atoms with Crippen molar-refractivity contribution < 1.29 is 15.3 Å². The summed E-state index contributed by atoms with van der Waals surface area (Å²) in [5.41, 5.74) is 1.23. The van der Waals surface area contributed by atoms with Crippen LogP contribution in [0.2, 0.25) is 0 Å². The number of nitrogens with zero attached hydrogens (tertiary/aromatic N) is 1. The minimum absolute atomic E-state index is 0.212. The van der Waals surface area contributed by atoms with Crippen molar-refractivity contribution in [3.8, 4) is 28.6 Å². The van der Waals surface area contributed by atoms with Crippen LogP contribution < -0.4 is 5.56 Å². The molecule has 2 heterocycles. The third-order valence-corrected chi connectivity index (χ3v) is 5.35. The topological polar surface area (TPSA) is 106 Å². The summed E-state index contributed by atoms with van der Waals surface area (Å²) in [6, 6.07) is 2.51. The Hall–Kier alpha value is -2.54. The molecule has 0 unspecified atom stereocenters. The molecule has 1 aromatic carbocycles. The highest BCUT2D eigenvalue weighted by atomic mass is 32.1. The first-order chi connectivity index (χ1) is 11.0. The first kappa shape index (κ1) is 14.1. The van der Waals surface area contributed by atoms with Gasteiger partial charge in [0.2, 0.25) is 0 Å². The predicted octanol–water partition coefficient (Wildman–Crippen LogP) is 2.65. The summed E-state index contributed by atoms with van der Waals surface area (Å²) < 4.78 is 0. The van der Waals surface area contributed by atoms with Crippen molar-refractivity contribution in [1.29, 1.82) is 0 Å². The number of nitrogens with one attached hydrogen (secondary N) is 1. The van der Waals surface area contributed by atoms with E-state index in [4.69, 9.17) is 0 Å². The molecule has 0 bridgehead atoms. The van der Waals surface area contributed by atoms with E-state index in [1.54, 1.807) is 0 Å². The summed E-state index contributed by atoms with van der Waals surface area (Å²) in [5.74, 6) is -1.27. The monoisotopic (exact) mass is 330 g/mol. The molecule has 1 aliphatic rings. The van der Waals surface area contributed by atoms with Crippen molar-refractivity contribution in [2.75, 3.05) is 0 Å². The average Bonchev–Trinajstić information content (AvgIpc) is 2.90. The third-order valence-electron chi connectivity index (χ3n) is 4.17. The number of thiophene rings is 1. The quantitative estimate of drug-likeness (QED) is 0.513. The molecule has 6 nitrogen and oxygen atoms in total. The fourth-order valence-electron chi connectivity index (χ4n) is 3.04. The van der Waals surface area contributed by atoms with E-state index in [9.17, 15) is 20.1 Å². The van der Waals surface area contributed by atoms with Crippen LogP contribution in [0.25, 0.3) is 21.6 Å². The Labute approximate surface area is 134 Å². The molecule has 0 spiro atoms. The number of phenolic OH excluding ortho intramolecular Hbond substituents is 3. The summed E-state index contributed by atoms with van der Waals surface area (Å²) in [6.45, 7) is 0. The number of H-pyrrole nitrogens is 1. The highest BCUT2D eigenvalue weighted by Gasteiger charge is 2.20. The SMILES string of the molecule is O=c1[nH]c(-c2cc(O)c(O)c(O)c2)nc2sc3c(c12)CCCC3. The van der Waals surface area contributed by atoms with E-state index in [0.29, 0.717) is 15.8 Å². The van der Waals surface area contributed by atoms with Crippen LogP contribution in [0.4, 0.5) is 0 Å². The molecule has 0 radical (unpaired) electrons. The average molecular weight is 330 g/mol. The van der Waals surface area contributed by atoms with Gasteiger partial charge in [-0.05, 0) is 43.4 Å². The van der Waals surface area contributed by atoms with Crippen molar-refractivity contribution in [3.63, 3.8) is 0 Å². The van der Waals surface area contributed by atoms with Crippen LogP contribution in [0.1, 0.15) is 23.3 Å². The highest BCUT2D eigenvalue weighted by Crippen LogP contribution is 2.39. The van der Waals surface area contributed by atoms with Gasteiger partial charge >= 0.3 is 0 Å². The first-order valence-corrected chi connectivity index (χ1v) is 8.16. The molecule has 0 aliphatic heterocycles. The van der Waals surface area contributed by atoms with Crippen molar-refractivity contribution in [2.24, 2.45) is 0 Å². The lowest BCUT2D eigenvalue weighted by molar-refractivity contribution is 0.368. The second-order valence-corrected chi connectivity index (χ2v) is 6.75. The van der Waals surface area contributed by atoms with Crippen molar-refractivity contribution in [1.82, 2.24) is 9.97 Å². The first-order valence-electron chi connectivity index (χ1n) is 7.34. The van der Waals surface area contributed by atoms with Gasteiger partial charge in [0.05, 0.1) is 5.39 Å². The number of hydrogen-bond acceptors (Lipinski definition) is 6. The molecule has 4 rings (SSSR count). The number of aromatic hydroxyl groups is 3. The summed E-state index contributed by atoms with van der Waals surface area (Å²) in [5, 5.41) is 29.3. The largest absolute Gasteiger partial charge is 0.504 e. The van der Waals surface area contributed by atoms with E-state index in [2.05, 4.69) is 9.97 Å². The van der Waals surface area contributed by atoms with Gasteiger partial charge in [-0.2, -0.15) is 0 Å². The fraction of sp³-hybridized carbons (Fsp3) is 0.250. The fourth-order valence-corrected chi connectivity index (χ4v) is 4.30. The lowest BCUT2D eigenvalue weighted by Crippen LogP contribution is -2.11. The van der Waals surface area contributed by atoms with Crippen LogP contribution in [0.15, 0.2) is 16.9 Å². The van der Waals surface area contributed by atoms with Crippen LogP contribution >= 0.6 is 11.3 Å². The molecule has 0 saturated carbocycles. The summed E-state index contributed by atoms with van der Waals surface area (Å²) in [7, 11) is 0. The Kier molecular flexibility index (Phi) is 3.05. The number of rotatable bonds is 1. The van der Waals surface area contributed by atoms with Crippen LogP contribution in [-0.2, 0) is 12.8 Å². The zero-order valence-corrected chi connectivity index (χ0v) is 12.9. The zero-order chi connectivity index (χ0) is 16.1. The van der Waals surface area contributed by atoms with E-state index in [1.807, 2.05) is 0 Å². The lowest BCUT2D eigenvalue weighted by Gasteiger charge is -2.09. The molecule has 7 heteroatoms. The Morgan fingerprint density at radius 1 is 1.09 bits per heavy atom. The Bertz CT molecular complexity index is 967. The van der Waals surface area contributed by atoms with Crippen LogP contribution in [0, 0.1) is 0 Å². The molecule has 118 valence electrons. The Morgan fingerprint density at radius 2 is 1.78 bits per heavy atom. The van der Waals surface area contributed by atoms with E-state index in [0.717, 1.165) is 31.2 Å². The van der Waals surface area contributed by atoms with Gasteiger partial charge in [0.25, 0.3) is 5.56 Å². The van der Waals surface area contributed by atoms with Crippen molar-refractivity contribution in [2.45, 2.75) is 25.7 Å². The molecule has 1 aliphatic carbocycles. The van der Waals surface area contributed by atoms with Crippen molar-refractivity contribution >= 4 is 21.6 Å². The maximum Gasteiger partial charge on any atom is 0.260 e. The minimum atomic E-state index is -0.594. The standard InChI is InChI=1S/C16H14N2O4S/c19-9-5-7(6-10(20)13(9)21)14-17-15(22)12-8-3-1-2-4-11(8)23-16(12)18-14/h5-6,19-21H,1-4H2,(H,17,18,22). The van der Waals surface area contributed by atoms with E-state index < -0.39 is 17.2 Å². The second-order valence-electron chi connectivity index (χ2n) is 5.67. The van der Waals surface area contributed by atoms with Gasteiger partial charge in [-0.25, -0.2) is 4.98 Å². The number of phenols is 3. The van der Waals surface area contributed by atoms with Gasteiger partial charge in [0.15, 0.2) is 17.2 Å². The summed E-state index contributed by atoms with van der Waals surface area (Å²) in [6.07, 6.45) is 4.09. The zero-order valence-electron chi connectivity index (χ0n) is 12.1. The maximum atomic E-state index is 12.5. The summed E-state index contributed by atoms with van der Waals surface area (Å²) in [4.78, 5) is 21.6. The lowest BCUT2D eigenvalue weighted by atomic mass is 9.97. The van der Waals surface area contributed by atoms with Gasteiger partial charge in [-0.1, -0.05) is 0 Å². The number of hydrogen-bond donors (Lipinski definition) is 4. The third kappa shape index (κ3) is 2.16. The van der Waals surface area contributed by atoms with E-state index in [1.165, 1.54) is 28.3 Å². The molecular weight excluding hydrogens is 316 g/mol. The number of benzene rings is 1. The molecule has 23 heavy (non-hydrogen) atoms. The molecule has 4 N–H and O–H groups in total. The number of aromatic nitrogens is 2.